The fourth-order valence-electron chi connectivity index (χ4n) is 1.41. The molecule has 0 aliphatic carbocycles. The van der Waals surface area contributed by atoms with Crippen LogP contribution in [0.5, 0.6) is 0 Å². The largest absolute Gasteiger partial charge is 0.197 e. The molecule has 0 aliphatic heterocycles. The lowest BCUT2D eigenvalue weighted by molar-refractivity contribution is 0.895. The smallest absolute Gasteiger partial charge is 0.120 e. The molecule has 1 aromatic carbocycles. The summed E-state index contributed by atoms with van der Waals surface area (Å²) in [6.07, 6.45) is 3.83. The van der Waals surface area contributed by atoms with Crippen LogP contribution in [0.3, 0.4) is 0 Å². The van der Waals surface area contributed by atoms with E-state index in [1.54, 1.807) is 0 Å². The molecule has 1 aromatic heterocycles. The predicted octanol–water partition coefficient (Wildman–Crippen LogP) is 2.06. The zero-order chi connectivity index (χ0) is 9.80. The van der Waals surface area contributed by atoms with Crippen molar-refractivity contribution in [1.82, 2.24) is 15.4 Å². The van der Waals surface area contributed by atoms with Gasteiger partial charge in [-0.25, -0.2) is 0 Å². The van der Waals surface area contributed by atoms with Gasteiger partial charge in [-0.05, 0) is 18.6 Å². The van der Waals surface area contributed by atoms with E-state index < -0.39 is 0 Å². The molecule has 0 bridgehead atoms. The molecule has 1 N–H and O–H groups in total. The summed E-state index contributed by atoms with van der Waals surface area (Å²) in [5.74, 6) is 0. The van der Waals surface area contributed by atoms with E-state index in [1.807, 2.05) is 6.07 Å². The number of para-hydroxylation sites is 1. The minimum atomic E-state index is 0.860. The van der Waals surface area contributed by atoms with Gasteiger partial charge >= 0.3 is 0 Å². The first-order valence-electron chi connectivity index (χ1n) is 4.95. The first-order chi connectivity index (χ1) is 6.92. The molecule has 0 radical (unpaired) electrons. The monoisotopic (exact) mass is 207 g/mol. The highest BCUT2D eigenvalue weighted by molar-refractivity contribution is 7.47. The van der Waals surface area contributed by atoms with Crippen LogP contribution in [0.1, 0.15) is 19.8 Å². The van der Waals surface area contributed by atoms with Gasteiger partial charge in [0.05, 0.1) is 0 Å². The number of aromatic amines is 1. The van der Waals surface area contributed by atoms with Crippen LogP contribution in [0.4, 0.5) is 0 Å². The summed E-state index contributed by atoms with van der Waals surface area (Å²) in [7, 11) is 0.860. The van der Waals surface area contributed by atoms with Crippen LogP contribution >= 0.6 is 8.58 Å². The number of aromatic nitrogens is 3. The van der Waals surface area contributed by atoms with Crippen LogP contribution < -0.4 is 5.30 Å². The summed E-state index contributed by atoms with van der Waals surface area (Å²) < 4.78 is 0. The minimum Gasteiger partial charge on any atom is -0.197 e. The number of hydrogen-bond acceptors (Lipinski definition) is 2. The average Bonchev–Trinajstić information content (AvgIpc) is 2.67. The Balaban J connectivity index is 2.19. The molecule has 0 saturated heterocycles. The number of H-pyrrole nitrogens is 1. The Labute approximate surface area is 85.1 Å². The van der Waals surface area contributed by atoms with Crippen LogP contribution in [0.25, 0.3) is 11.0 Å². The lowest BCUT2D eigenvalue weighted by Gasteiger charge is -2.00. The number of nitrogens with one attached hydrogen (secondary N) is 1. The van der Waals surface area contributed by atoms with E-state index >= 15 is 0 Å². The van der Waals surface area contributed by atoms with Crippen molar-refractivity contribution in [3.05, 3.63) is 18.2 Å². The molecule has 1 heterocycles. The van der Waals surface area contributed by atoms with Gasteiger partial charge in [0.1, 0.15) is 11.0 Å². The van der Waals surface area contributed by atoms with Gasteiger partial charge in [0.15, 0.2) is 0 Å². The Bertz CT molecular complexity index is 410. The molecule has 1 unspecified atom stereocenters. The molecule has 4 heteroatoms. The van der Waals surface area contributed by atoms with E-state index in [2.05, 4.69) is 34.5 Å². The van der Waals surface area contributed by atoms with Crippen molar-refractivity contribution in [2.45, 2.75) is 19.8 Å². The van der Waals surface area contributed by atoms with E-state index in [0.717, 1.165) is 19.6 Å². The number of fused-ring (bicyclic) bond motifs is 1. The van der Waals surface area contributed by atoms with E-state index in [-0.39, 0.29) is 0 Å². The van der Waals surface area contributed by atoms with Crippen molar-refractivity contribution in [3.63, 3.8) is 0 Å². The highest BCUT2D eigenvalue weighted by atomic mass is 31.1. The zero-order valence-corrected chi connectivity index (χ0v) is 9.25. The topological polar surface area (TPSA) is 41.6 Å². The number of nitrogens with zero attached hydrogens (tertiary/aromatic N) is 2. The highest BCUT2D eigenvalue weighted by Crippen LogP contribution is 2.17. The maximum Gasteiger partial charge on any atom is 0.120 e. The normalized spacial score (nSPS) is 11.8. The van der Waals surface area contributed by atoms with Crippen molar-refractivity contribution in [2.75, 3.05) is 6.16 Å². The maximum absolute atomic E-state index is 4.17. The van der Waals surface area contributed by atoms with Crippen LogP contribution in [-0.2, 0) is 0 Å². The maximum atomic E-state index is 4.17. The molecule has 0 fully saturated rings. The summed E-state index contributed by atoms with van der Waals surface area (Å²) in [4.78, 5) is 0. The fraction of sp³-hybridized carbons (Fsp3) is 0.400. The summed E-state index contributed by atoms with van der Waals surface area (Å²) in [5, 5.41) is 12.3. The highest BCUT2D eigenvalue weighted by Gasteiger charge is 2.03. The molecular weight excluding hydrogens is 193 g/mol. The Hall–Kier alpha value is -0.950. The third kappa shape index (κ3) is 1.93. The third-order valence-corrected chi connectivity index (χ3v) is 3.58. The van der Waals surface area contributed by atoms with Gasteiger partial charge in [-0.15, -0.1) is 0 Å². The Kier molecular flexibility index (Phi) is 3.10. The zero-order valence-electron chi connectivity index (χ0n) is 8.25. The molecule has 0 saturated carbocycles. The molecule has 2 rings (SSSR count). The molecule has 0 aliphatic rings. The van der Waals surface area contributed by atoms with Crippen molar-refractivity contribution >= 4 is 24.9 Å². The summed E-state index contributed by atoms with van der Waals surface area (Å²) in [6, 6.07) is 6.20. The van der Waals surface area contributed by atoms with Crippen LogP contribution in [0, 0.1) is 0 Å². The molecule has 1 atom stereocenters. The number of unbranched alkanes of at least 4 members (excludes halogenated alkanes) is 1. The molecule has 2 aromatic rings. The quantitative estimate of drug-likeness (QED) is 0.616. The minimum absolute atomic E-state index is 0.860. The first kappa shape index (κ1) is 9.60. The Morgan fingerprint density at radius 3 is 3.14 bits per heavy atom. The molecular formula is C10H14N3P. The second-order valence-electron chi connectivity index (χ2n) is 3.28. The van der Waals surface area contributed by atoms with Gasteiger partial charge in [0, 0.05) is 5.30 Å². The predicted molar refractivity (Wildman–Crippen MR) is 61.6 cm³/mol. The molecule has 74 valence electrons. The van der Waals surface area contributed by atoms with Crippen molar-refractivity contribution in [1.29, 1.82) is 0 Å². The van der Waals surface area contributed by atoms with Gasteiger partial charge in [-0.3, -0.25) is 0 Å². The van der Waals surface area contributed by atoms with Crippen molar-refractivity contribution in [3.8, 4) is 0 Å². The molecule has 3 nitrogen and oxygen atoms in total. The standard InChI is InChI=1S/C10H14N3P/c1-2-3-7-14-9-6-4-5-8-10(9)12-13-11-8/h4-6,14H,2-3,7H2,1H3,(H,11,12,13). The Morgan fingerprint density at radius 1 is 1.36 bits per heavy atom. The van der Waals surface area contributed by atoms with Crippen LogP contribution in [0.2, 0.25) is 0 Å². The molecule has 14 heavy (non-hydrogen) atoms. The lowest BCUT2D eigenvalue weighted by atomic mass is 10.3. The van der Waals surface area contributed by atoms with Gasteiger partial charge in [-0.2, -0.15) is 15.4 Å². The number of benzene rings is 1. The number of rotatable bonds is 4. The van der Waals surface area contributed by atoms with E-state index in [0.29, 0.717) is 0 Å². The average molecular weight is 207 g/mol. The molecule has 0 spiro atoms. The van der Waals surface area contributed by atoms with E-state index in [9.17, 15) is 0 Å². The Morgan fingerprint density at radius 2 is 2.29 bits per heavy atom. The van der Waals surface area contributed by atoms with Gasteiger partial charge in [0.25, 0.3) is 0 Å². The third-order valence-electron chi connectivity index (χ3n) is 2.19. The number of hydrogen-bond donors (Lipinski definition) is 1. The van der Waals surface area contributed by atoms with Crippen LogP contribution in [0.15, 0.2) is 18.2 Å². The fourth-order valence-corrected chi connectivity index (χ4v) is 2.78. The first-order valence-corrected chi connectivity index (χ1v) is 6.16. The second kappa shape index (κ2) is 4.52. The van der Waals surface area contributed by atoms with E-state index in [4.69, 9.17) is 0 Å². The summed E-state index contributed by atoms with van der Waals surface area (Å²) in [5.41, 5.74) is 2.02. The summed E-state index contributed by atoms with van der Waals surface area (Å²) >= 11 is 0. The van der Waals surface area contributed by atoms with Gasteiger partial charge < -0.3 is 0 Å². The van der Waals surface area contributed by atoms with Gasteiger partial charge in [0.2, 0.25) is 0 Å². The van der Waals surface area contributed by atoms with Gasteiger partial charge in [-0.1, -0.05) is 34.1 Å². The van der Waals surface area contributed by atoms with Crippen LogP contribution in [-0.4, -0.2) is 21.6 Å². The van der Waals surface area contributed by atoms with Crippen molar-refractivity contribution in [2.24, 2.45) is 0 Å². The van der Waals surface area contributed by atoms with E-state index in [1.165, 1.54) is 24.3 Å². The molecule has 0 amide bonds. The lowest BCUT2D eigenvalue weighted by Crippen LogP contribution is -1.97. The second-order valence-corrected chi connectivity index (χ2v) is 4.67. The summed E-state index contributed by atoms with van der Waals surface area (Å²) in [6.45, 7) is 2.22. The van der Waals surface area contributed by atoms with Crippen molar-refractivity contribution < 1.29 is 0 Å². The SMILES string of the molecule is CCCCPc1cccc2n[nH]nc12.